The molecule has 0 saturated carbocycles. The third kappa shape index (κ3) is 4.82. The lowest BCUT2D eigenvalue weighted by Gasteiger charge is -2.34. The molecule has 0 aromatic carbocycles. The summed E-state index contributed by atoms with van der Waals surface area (Å²) in [4.78, 5) is 20.6. The monoisotopic (exact) mass is 353 g/mol. The van der Waals surface area contributed by atoms with Crippen LogP contribution in [-0.4, -0.2) is 73.2 Å². The Kier molecular flexibility index (Phi) is 6.29. The number of hydrogen-bond acceptors (Lipinski definition) is 5. The second-order valence-corrected chi connectivity index (χ2v) is 6.72. The summed E-state index contributed by atoms with van der Waals surface area (Å²) in [5.41, 5.74) is 0. The van der Waals surface area contributed by atoms with Crippen molar-refractivity contribution in [1.29, 1.82) is 0 Å². The van der Waals surface area contributed by atoms with Crippen molar-refractivity contribution >= 4 is 17.5 Å². The zero-order valence-corrected chi connectivity index (χ0v) is 14.6. The van der Waals surface area contributed by atoms with Gasteiger partial charge in [0.1, 0.15) is 5.02 Å². The second kappa shape index (κ2) is 8.65. The van der Waals surface area contributed by atoms with E-state index >= 15 is 0 Å². The van der Waals surface area contributed by atoms with Gasteiger partial charge in [-0.25, -0.2) is 4.98 Å². The number of ether oxygens (including phenoxy) is 2. The van der Waals surface area contributed by atoms with Crippen LogP contribution in [0, 0.1) is 5.92 Å². The van der Waals surface area contributed by atoms with Crippen LogP contribution >= 0.6 is 11.6 Å². The molecule has 7 heteroatoms. The van der Waals surface area contributed by atoms with Crippen LogP contribution in [-0.2, 0) is 9.53 Å². The zero-order chi connectivity index (χ0) is 16.8. The number of amides is 1. The van der Waals surface area contributed by atoms with Crippen LogP contribution in [0.2, 0.25) is 5.02 Å². The first-order valence-electron chi connectivity index (χ1n) is 8.53. The largest absolute Gasteiger partial charge is 0.476 e. The van der Waals surface area contributed by atoms with Crippen LogP contribution in [0.1, 0.15) is 12.8 Å². The third-order valence-corrected chi connectivity index (χ3v) is 4.90. The predicted octanol–water partition coefficient (Wildman–Crippen LogP) is 1.68. The van der Waals surface area contributed by atoms with Gasteiger partial charge in [-0.15, -0.1) is 0 Å². The Hall–Kier alpha value is -1.37. The third-order valence-electron chi connectivity index (χ3n) is 4.61. The number of pyridine rings is 1. The first-order chi connectivity index (χ1) is 11.7. The molecule has 132 valence electrons. The maximum Gasteiger partial charge on any atom is 0.236 e. The molecule has 0 atom stereocenters. The molecule has 2 aliphatic heterocycles. The molecule has 1 aromatic rings. The number of hydrogen-bond donors (Lipinski definition) is 0. The van der Waals surface area contributed by atoms with Crippen LogP contribution < -0.4 is 4.74 Å². The standard InChI is InChI=1S/C17H24ClN3O3/c18-15-2-1-5-19-17(15)24-13-14-3-6-20(7-4-14)12-16(22)21-8-10-23-11-9-21/h1-2,5,14H,3-4,6-13H2. The van der Waals surface area contributed by atoms with Crippen LogP contribution in [0.3, 0.4) is 0 Å². The fraction of sp³-hybridized carbons (Fsp3) is 0.647. The molecule has 2 fully saturated rings. The van der Waals surface area contributed by atoms with Crippen molar-refractivity contribution < 1.29 is 14.3 Å². The van der Waals surface area contributed by atoms with Crippen molar-refractivity contribution in [1.82, 2.24) is 14.8 Å². The van der Waals surface area contributed by atoms with E-state index < -0.39 is 0 Å². The Morgan fingerprint density at radius 2 is 2.04 bits per heavy atom. The molecule has 2 aliphatic rings. The van der Waals surface area contributed by atoms with Crippen molar-refractivity contribution in [2.75, 3.05) is 52.5 Å². The molecule has 2 saturated heterocycles. The predicted molar refractivity (Wildman–Crippen MR) is 91.3 cm³/mol. The Morgan fingerprint density at radius 3 is 2.75 bits per heavy atom. The number of morpholine rings is 1. The van der Waals surface area contributed by atoms with Crippen LogP contribution in [0.4, 0.5) is 0 Å². The first-order valence-corrected chi connectivity index (χ1v) is 8.91. The summed E-state index contributed by atoms with van der Waals surface area (Å²) in [5, 5.41) is 0.547. The summed E-state index contributed by atoms with van der Waals surface area (Å²) in [6.07, 6.45) is 3.74. The number of carbonyl (C=O) groups is 1. The van der Waals surface area contributed by atoms with E-state index in [1.54, 1.807) is 18.3 Å². The van der Waals surface area contributed by atoms with E-state index in [1.165, 1.54) is 0 Å². The topological polar surface area (TPSA) is 54.9 Å². The molecule has 6 nitrogen and oxygen atoms in total. The Bertz CT molecular complexity index is 544. The molecule has 24 heavy (non-hydrogen) atoms. The normalized spacial score (nSPS) is 20.1. The summed E-state index contributed by atoms with van der Waals surface area (Å²) in [6.45, 7) is 5.74. The van der Waals surface area contributed by atoms with E-state index in [9.17, 15) is 4.79 Å². The molecule has 0 radical (unpaired) electrons. The molecule has 0 bridgehead atoms. The van der Waals surface area contributed by atoms with Gasteiger partial charge in [0.2, 0.25) is 11.8 Å². The molecule has 3 heterocycles. The van der Waals surface area contributed by atoms with Crippen molar-refractivity contribution in [2.45, 2.75) is 12.8 Å². The van der Waals surface area contributed by atoms with Gasteiger partial charge in [0.25, 0.3) is 0 Å². The van der Waals surface area contributed by atoms with E-state index in [-0.39, 0.29) is 5.91 Å². The van der Waals surface area contributed by atoms with Crippen molar-refractivity contribution in [3.63, 3.8) is 0 Å². The van der Waals surface area contributed by atoms with E-state index in [0.717, 1.165) is 25.9 Å². The van der Waals surface area contributed by atoms with Gasteiger partial charge >= 0.3 is 0 Å². The molecule has 0 spiro atoms. The highest BCUT2D eigenvalue weighted by Crippen LogP contribution is 2.23. The molecule has 1 aromatic heterocycles. The maximum absolute atomic E-state index is 12.3. The molecule has 3 rings (SSSR count). The first kappa shape index (κ1) is 17.5. The lowest BCUT2D eigenvalue weighted by atomic mass is 9.98. The molecule has 1 amide bonds. The van der Waals surface area contributed by atoms with Crippen molar-refractivity contribution in [3.05, 3.63) is 23.4 Å². The Labute approximate surface area is 147 Å². The summed E-state index contributed by atoms with van der Waals surface area (Å²) < 4.78 is 11.0. The van der Waals surface area contributed by atoms with E-state index in [0.29, 0.717) is 56.3 Å². The number of nitrogens with zero attached hydrogens (tertiary/aromatic N) is 3. The quantitative estimate of drug-likeness (QED) is 0.806. The molecular formula is C17H24ClN3O3. The summed E-state index contributed by atoms with van der Waals surface area (Å²) in [5.74, 6) is 1.20. The number of carbonyl (C=O) groups excluding carboxylic acids is 1. The lowest BCUT2D eigenvalue weighted by Crippen LogP contribution is -2.47. The Morgan fingerprint density at radius 1 is 1.29 bits per heavy atom. The van der Waals surface area contributed by atoms with Gasteiger partial charge < -0.3 is 14.4 Å². The maximum atomic E-state index is 12.3. The molecule has 0 N–H and O–H groups in total. The van der Waals surface area contributed by atoms with Gasteiger partial charge in [-0.3, -0.25) is 9.69 Å². The fourth-order valence-electron chi connectivity index (χ4n) is 3.09. The minimum atomic E-state index is 0.216. The average molecular weight is 354 g/mol. The number of halogens is 1. The van der Waals surface area contributed by atoms with Gasteiger partial charge in [0.05, 0.1) is 26.4 Å². The second-order valence-electron chi connectivity index (χ2n) is 6.31. The number of aromatic nitrogens is 1. The van der Waals surface area contributed by atoms with Crippen molar-refractivity contribution in [3.8, 4) is 5.88 Å². The minimum absolute atomic E-state index is 0.216. The SMILES string of the molecule is O=C(CN1CCC(COc2ncccc2Cl)CC1)N1CCOCC1. The number of rotatable bonds is 5. The fourth-order valence-corrected chi connectivity index (χ4v) is 3.27. The van der Waals surface area contributed by atoms with Crippen LogP contribution in [0.25, 0.3) is 0 Å². The van der Waals surface area contributed by atoms with Gasteiger partial charge in [-0.05, 0) is 44.0 Å². The van der Waals surface area contributed by atoms with Crippen molar-refractivity contribution in [2.24, 2.45) is 5.92 Å². The minimum Gasteiger partial charge on any atom is -0.476 e. The smallest absolute Gasteiger partial charge is 0.236 e. The van der Waals surface area contributed by atoms with Gasteiger partial charge in [-0.2, -0.15) is 0 Å². The molecule has 0 aliphatic carbocycles. The Balaban J connectivity index is 1.38. The van der Waals surface area contributed by atoms with E-state index in [4.69, 9.17) is 21.1 Å². The lowest BCUT2D eigenvalue weighted by molar-refractivity contribution is -0.136. The van der Waals surface area contributed by atoms with Crippen LogP contribution in [0.5, 0.6) is 5.88 Å². The van der Waals surface area contributed by atoms with Gasteiger partial charge in [0, 0.05) is 19.3 Å². The summed E-state index contributed by atoms with van der Waals surface area (Å²) in [6, 6.07) is 3.57. The van der Waals surface area contributed by atoms with E-state index in [1.807, 2.05) is 4.90 Å². The highest BCUT2D eigenvalue weighted by Gasteiger charge is 2.24. The number of likely N-dealkylation sites (tertiary alicyclic amines) is 1. The average Bonchev–Trinajstić information content (AvgIpc) is 2.63. The molecular weight excluding hydrogens is 330 g/mol. The number of piperidine rings is 1. The van der Waals surface area contributed by atoms with Crippen LogP contribution in [0.15, 0.2) is 18.3 Å². The highest BCUT2D eigenvalue weighted by molar-refractivity contribution is 6.31. The molecule has 0 unspecified atom stereocenters. The van der Waals surface area contributed by atoms with Gasteiger partial charge in [0.15, 0.2) is 0 Å². The highest BCUT2D eigenvalue weighted by atomic mass is 35.5. The summed E-state index contributed by atoms with van der Waals surface area (Å²) >= 11 is 6.05. The van der Waals surface area contributed by atoms with E-state index in [2.05, 4.69) is 9.88 Å². The summed E-state index contributed by atoms with van der Waals surface area (Å²) in [7, 11) is 0. The zero-order valence-electron chi connectivity index (χ0n) is 13.8. The van der Waals surface area contributed by atoms with Gasteiger partial charge in [-0.1, -0.05) is 11.6 Å².